The Balaban J connectivity index is 1.68. The van der Waals surface area contributed by atoms with Crippen LogP contribution in [0.5, 0.6) is 5.75 Å². The number of hydrogen-bond donors (Lipinski definition) is 2. The largest absolute Gasteiger partial charge is 0.495 e. The number of anilines is 2. The minimum absolute atomic E-state index is 0.0799. The van der Waals surface area contributed by atoms with Crippen LogP contribution in [0, 0.1) is 12.8 Å². The first-order valence-electron chi connectivity index (χ1n) is 8.14. The number of benzene rings is 2. The van der Waals surface area contributed by atoms with Crippen molar-refractivity contribution in [3.05, 3.63) is 54.1 Å². The third-order valence-corrected chi connectivity index (χ3v) is 4.22. The Bertz CT molecular complexity index is 777. The number of carbonyl (C=O) groups excluding carboxylic acids is 2. The van der Waals surface area contributed by atoms with Crippen molar-refractivity contribution in [1.29, 1.82) is 0 Å². The number of rotatable bonds is 5. The van der Waals surface area contributed by atoms with Gasteiger partial charge in [-0.15, -0.1) is 0 Å². The van der Waals surface area contributed by atoms with E-state index in [1.165, 1.54) is 0 Å². The van der Waals surface area contributed by atoms with Crippen molar-refractivity contribution in [2.45, 2.75) is 13.3 Å². The van der Waals surface area contributed by atoms with Gasteiger partial charge in [0.15, 0.2) is 0 Å². The fourth-order valence-corrected chi connectivity index (χ4v) is 2.88. The Morgan fingerprint density at radius 3 is 2.68 bits per heavy atom. The topological polar surface area (TPSA) is 70.7 Å². The fraction of sp³-hybridized carbons (Fsp3) is 0.263. The van der Waals surface area contributed by atoms with Gasteiger partial charge in [0, 0.05) is 13.0 Å². The van der Waals surface area contributed by atoms with Crippen molar-refractivity contribution in [3.63, 3.8) is 0 Å². The number of hydrogen-bond acceptors (Lipinski definition) is 4. The van der Waals surface area contributed by atoms with E-state index in [0.717, 1.165) is 11.3 Å². The molecule has 0 aliphatic carbocycles. The van der Waals surface area contributed by atoms with E-state index in [-0.39, 0.29) is 18.2 Å². The molecular formula is C19H21N3O3. The predicted octanol–water partition coefficient (Wildman–Crippen LogP) is 2.50. The van der Waals surface area contributed by atoms with Crippen molar-refractivity contribution < 1.29 is 14.3 Å². The lowest BCUT2D eigenvalue weighted by molar-refractivity contribution is -0.125. The number of amides is 2. The second kappa shape index (κ2) is 7.25. The lowest BCUT2D eigenvalue weighted by Gasteiger charge is -2.20. The van der Waals surface area contributed by atoms with Gasteiger partial charge in [-0.3, -0.25) is 20.4 Å². The first kappa shape index (κ1) is 16.8. The average Bonchev–Trinajstić information content (AvgIpc) is 3.02. The molecule has 2 aromatic carbocycles. The number of carbonyl (C=O) groups is 2. The molecule has 1 atom stereocenters. The lowest BCUT2D eigenvalue weighted by Crippen LogP contribution is -2.36. The Morgan fingerprint density at radius 2 is 1.96 bits per heavy atom. The minimum atomic E-state index is -0.408. The van der Waals surface area contributed by atoms with Crippen LogP contribution in [0.3, 0.4) is 0 Å². The highest BCUT2D eigenvalue weighted by molar-refractivity contribution is 6.01. The lowest BCUT2D eigenvalue weighted by atomic mass is 10.1. The molecule has 25 heavy (non-hydrogen) atoms. The predicted molar refractivity (Wildman–Crippen MR) is 96.4 cm³/mol. The monoisotopic (exact) mass is 339 g/mol. The van der Waals surface area contributed by atoms with Crippen LogP contribution in [0.1, 0.15) is 12.0 Å². The Kier molecular flexibility index (Phi) is 4.88. The highest BCUT2D eigenvalue weighted by Crippen LogP contribution is 2.33. The van der Waals surface area contributed by atoms with E-state index in [1.807, 2.05) is 55.5 Å². The van der Waals surface area contributed by atoms with Gasteiger partial charge in [-0.1, -0.05) is 24.3 Å². The smallest absolute Gasteiger partial charge is 0.243 e. The normalized spacial score (nSPS) is 16.6. The van der Waals surface area contributed by atoms with E-state index in [1.54, 1.807) is 12.0 Å². The molecule has 0 radical (unpaired) electrons. The van der Waals surface area contributed by atoms with E-state index in [0.29, 0.717) is 18.0 Å². The van der Waals surface area contributed by atoms with Gasteiger partial charge in [-0.2, -0.15) is 0 Å². The van der Waals surface area contributed by atoms with Crippen LogP contribution in [-0.4, -0.2) is 25.5 Å². The summed E-state index contributed by atoms with van der Waals surface area (Å²) in [5.41, 5.74) is 8.07. The molecule has 2 aromatic rings. The average molecular weight is 339 g/mol. The number of nitrogens with zero attached hydrogens (tertiary/aromatic N) is 1. The van der Waals surface area contributed by atoms with Crippen LogP contribution in [0.4, 0.5) is 11.4 Å². The Morgan fingerprint density at radius 1 is 1.20 bits per heavy atom. The van der Waals surface area contributed by atoms with Gasteiger partial charge in [-0.25, -0.2) is 0 Å². The summed E-state index contributed by atoms with van der Waals surface area (Å²) in [6, 6.07) is 15.0. The molecule has 1 unspecified atom stereocenters. The molecule has 1 saturated heterocycles. The van der Waals surface area contributed by atoms with E-state index in [9.17, 15) is 9.59 Å². The molecule has 1 aliphatic rings. The molecule has 2 N–H and O–H groups in total. The van der Waals surface area contributed by atoms with Gasteiger partial charge in [0.05, 0.1) is 24.4 Å². The number of methoxy groups -OCH3 is 1. The number of para-hydroxylation sites is 1. The van der Waals surface area contributed by atoms with E-state index < -0.39 is 5.92 Å². The summed E-state index contributed by atoms with van der Waals surface area (Å²) in [4.78, 5) is 26.4. The van der Waals surface area contributed by atoms with Crippen LogP contribution in [0.2, 0.25) is 0 Å². The van der Waals surface area contributed by atoms with Gasteiger partial charge < -0.3 is 9.64 Å². The zero-order valence-electron chi connectivity index (χ0n) is 14.3. The SMILES string of the molecule is COc1ccc(C)cc1N1CC(C(=O)NNc2ccccc2)CC1=O. The van der Waals surface area contributed by atoms with Crippen molar-refractivity contribution in [1.82, 2.24) is 5.43 Å². The quantitative estimate of drug-likeness (QED) is 0.821. The van der Waals surface area contributed by atoms with Crippen LogP contribution < -0.4 is 20.5 Å². The summed E-state index contributed by atoms with van der Waals surface area (Å²) < 4.78 is 5.36. The zero-order valence-corrected chi connectivity index (χ0v) is 14.3. The van der Waals surface area contributed by atoms with Crippen molar-refractivity contribution >= 4 is 23.2 Å². The molecule has 0 bridgehead atoms. The van der Waals surface area contributed by atoms with Crippen LogP contribution >= 0.6 is 0 Å². The third-order valence-electron chi connectivity index (χ3n) is 4.22. The second-order valence-corrected chi connectivity index (χ2v) is 6.06. The van der Waals surface area contributed by atoms with Gasteiger partial charge in [0.2, 0.25) is 11.8 Å². The van der Waals surface area contributed by atoms with Crippen molar-refractivity contribution in [2.75, 3.05) is 24.0 Å². The van der Waals surface area contributed by atoms with E-state index in [4.69, 9.17) is 4.74 Å². The van der Waals surface area contributed by atoms with Gasteiger partial charge >= 0.3 is 0 Å². The molecule has 0 spiro atoms. The molecule has 1 fully saturated rings. The third kappa shape index (κ3) is 3.74. The number of nitrogens with one attached hydrogen (secondary N) is 2. The van der Waals surface area contributed by atoms with Gasteiger partial charge in [-0.05, 0) is 36.8 Å². The molecule has 1 heterocycles. The molecule has 1 aliphatic heterocycles. The van der Waals surface area contributed by atoms with Crippen LogP contribution in [0.15, 0.2) is 48.5 Å². The first-order valence-corrected chi connectivity index (χ1v) is 8.14. The highest BCUT2D eigenvalue weighted by atomic mass is 16.5. The van der Waals surface area contributed by atoms with Crippen LogP contribution in [0.25, 0.3) is 0 Å². The fourth-order valence-electron chi connectivity index (χ4n) is 2.88. The maximum atomic E-state index is 12.4. The number of hydrazine groups is 1. The summed E-state index contributed by atoms with van der Waals surface area (Å²) in [6.07, 6.45) is 0.180. The van der Waals surface area contributed by atoms with Crippen LogP contribution in [-0.2, 0) is 9.59 Å². The molecule has 2 amide bonds. The molecule has 130 valence electrons. The first-order chi connectivity index (χ1) is 12.1. The number of aryl methyl sites for hydroxylation is 1. The molecule has 6 heteroatoms. The molecule has 6 nitrogen and oxygen atoms in total. The molecule has 3 rings (SSSR count). The Labute approximate surface area is 146 Å². The zero-order chi connectivity index (χ0) is 17.8. The number of ether oxygens (including phenoxy) is 1. The van der Waals surface area contributed by atoms with Crippen molar-refractivity contribution in [2.24, 2.45) is 5.92 Å². The summed E-state index contributed by atoms with van der Waals surface area (Å²) in [6.45, 7) is 2.29. The highest BCUT2D eigenvalue weighted by Gasteiger charge is 2.36. The second-order valence-electron chi connectivity index (χ2n) is 6.06. The van der Waals surface area contributed by atoms with E-state index >= 15 is 0 Å². The van der Waals surface area contributed by atoms with Crippen molar-refractivity contribution in [3.8, 4) is 5.75 Å². The summed E-state index contributed by atoms with van der Waals surface area (Å²) in [7, 11) is 1.57. The maximum Gasteiger partial charge on any atom is 0.243 e. The standard InChI is InChI=1S/C19H21N3O3/c1-13-8-9-17(25-2)16(10-13)22-12-14(11-18(22)23)19(24)21-20-15-6-4-3-5-7-15/h3-10,14,20H,11-12H2,1-2H3,(H,21,24). The summed E-state index contributed by atoms with van der Waals surface area (Å²) in [5, 5.41) is 0. The maximum absolute atomic E-state index is 12.4. The molecule has 0 saturated carbocycles. The Hall–Kier alpha value is -3.02. The van der Waals surface area contributed by atoms with E-state index in [2.05, 4.69) is 10.9 Å². The molecule has 0 aromatic heterocycles. The summed E-state index contributed by atoms with van der Waals surface area (Å²) in [5.74, 6) is -0.0635. The molecular weight excluding hydrogens is 318 g/mol. The summed E-state index contributed by atoms with van der Waals surface area (Å²) >= 11 is 0. The van der Waals surface area contributed by atoms with Gasteiger partial charge in [0.1, 0.15) is 5.75 Å². The minimum Gasteiger partial charge on any atom is -0.495 e. The van der Waals surface area contributed by atoms with Gasteiger partial charge in [0.25, 0.3) is 0 Å².